The van der Waals surface area contributed by atoms with Crippen LogP contribution in [0.1, 0.15) is 22.3 Å². The van der Waals surface area contributed by atoms with E-state index in [2.05, 4.69) is 15.5 Å². The van der Waals surface area contributed by atoms with Gasteiger partial charge in [-0.25, -0.2) is 0 Å². The molecule has 0 saturated carbocycles. The minimum absolute atomic E-state index is 0.0186. The standard InChI is InChI=1S/C12H16N4O3S/c1-7-8(2)20-12(18)16(7)5-4-11-14-9(15-19-11)6-10(17)13-3/h4-6H2,1-3H3,(H,13,17). The summed E-state index contributed by atoms with van der Waals surface area (Å²) in [5, 5.41) is 6.23. The second-order valence-electron chi connectivity index (χ2n) is 4.37. The molecule has 2 heterocycles. The van der Waals surface area contributed by atoms with E-state index in [1.54, 1.807) is 11.6 Å². The second-order valence-corrected chi connectivity index (χ2v) is 5.53. The molecule has 0 unspecified atom stereocenters. The molecular formula is C12H16N4O3S. The molecule has 2 aromatic heterocycles. The molecule has 0 atom stereocenters. The number of rotatable bonds is 5. The van der Waals surface area contributed by atoms with Gasteiger partial charge in [0.25, 0.3) is 0 Å². The molecule has 2 aromatic rings. The van der Waals surface area contributed by atoms with Gasteiger partial charge in [0.2, 0.25) is 11.8 Å². The Labute approximate surface area is 119 Å². The number of aryl methyl sites for hydroxylation is 2. The van der Waals surface area contributed by atoms with E-state index in [0.717, 1.165) is 10.6 Å². The molecule has 0 aliphatic rings. The van der Waals surface area contributed by atoms with E-state index in [1.165, 1.54) is 11.3 Å². The normalized spacial score (nSPS) is 10.8. The van der Waals surface area contributed by atoms with Crippen LogP contribution in [0.3, 0.4) is 0 Å². The number of nitrogens with one attached hydrogen (secondary N) is 1. The third kappa shape index (κ3) is 3.13. The first-order chi connectivity index (χ1) is 9.51. The summed E-state index contributed by atoms with van der Waals surface area (Å²) in [6.45, 7) is 4.33. The zero-order valence-corrected chi connectivity index (χ0v) is 12.4. The van der Waals surface area contributed by atoms with Crippen LogP contribution in [0.15, 0.2) is 9.32 Å². The summed E-state index contributed by atoms with van der Waals surface area (Å²) < 4.78 is 6.76. The fourth-order valence-corrected chi connectivity index (χ4v) is 2.61. The fraction of sp³-hybridized carbons (Fsp3) is 0.500. The molecule has 0 spiro atoms. The zero-order chi connectivity index (χ0) is 14.7. The summed E-state index contributed by atoms with van der Waals surface area (Å²) in [5.74, 6) is 0.613. The quantitative estimate of drug-likeness (QED) is 0.864. The highest BCUT2D eigenvalue weighted by Gasteiger charge is 2.12. The summed E-state index contributed by atoms with van der Waals surface area (Å²) in [6, 6.07) is 0. The van der Waals surface area contributed by atoms with Gasteiger partial charge in [-0.3, -0.25) is 9.59 Å². The SMILES string of the molecule is CNC(=O)Cc1noc(CCn2c(C)c(C)sc2=O)n1. The maximum absolute atomic E-state index is 11.7. The molecule has 20 heavy (non-hydrogen) atoms. The monoisotopic (exact) mass is 296 g/mol. The van der Waals surface area contributed by atoms with E-state index in [0.29, 0.717) is 24.7 Å². The lowest BCUT2D eigenvalue weighted by Gasteiger charge is -2.01. The number of aromatic nitrogens is 3. The number of thiazole rings is 1. The molecule has 0 aromatic carbocycles. The van der Waals surface area contributed by atoms with Gasteiger partial charge in [0.05, 0.1) is 6.42 Å². The Bertz CT molecular complexity index is 671. The maximum atomic E-state index is 11.7. The number of carbonyl (C=O) groups is 1. The zero-order valence-electron chi connectivity index (χ0n) is 11.6. The van der Waals surface area contributed by atoms with Crippen LogP contribution in [0.2, 0.25) is 0 Å². The average Bonchev–Trinajstić information content (AvgIpc) is 2.94. The first kappa shape index (κ1) is 14.4. The third-order valence-corrected chi connectivity index (χ3v) is 4.03. The van der Waals surface area contributed by atoms with Crippen LogP contribution in [-0.4, -0.2) is 27.7 Å². The van der Waals surface area contributed by atoms with E-state index in [-0.39, 0.29) is 17.2 Å². The van der Waals surface area contributed by atoms with E-state index in [1.807, 2.05) is 13.8 Å². The van der Waals surface area contributed by atoms with Crippen molar-refractivity contribution in [3.8, 4) is 0 Å². The number of hydrogen-bond donors (Lipinski definition) is 1. The highest BCUT2D eigenvalue weighted by atomic mass is 32.1. The summed E-state index contributed by atoms with van der Waals surface area (Å²) in [4.78, 5) is 28.1. The van der Waals surface area contributed by atoms with Crippen molar-refractivity contribution in [1.82, 2.24) is 20.0 Å². The number of amides is 1. The Morgan fingerprint density at radius 1 is 1.45 bits per heavy atom. The molecule has 7 nitrogen and oxygen atoms in total. The van der Waals surface area contributed by atoms with Crippen molar-refractivity contribution in [3.63, 3.8) is 0 Å². The number of nitrogens with zero attached hydrogens (tertiary/aromatic N) is 3. The lowest BCUT2D eigenvalue weighted by atomic mass is 10.3. The van der Waals surface area contributed by atoms with Crippen molar-refractivity contribution < 1.29 is 9.32 Å². The molecule has 0 radical (unpaired) electrons. The van der Waals surface area contributed by atoms with Gasteiger partial charge in [-0.2, -0.15) is 4.98 Å². The first-order valence-corrected chi connectivity index (χ1v) is 7.01. The Morgan fingerprint density at radius 2 is 2.20 bits per heavy atom. The molecule has 0 fully saturated rings. The minimum atomic E-state index is -0.169. The summed E-state index contributed by atoms with van der Waals surface area (Å²) >= 11 is 1.24. The van der Waals surface area contributed by atoms with Crippen LogP contribution < -0.4 is 10.2 Å². The van der Waals surface area contributed by atoms with Crippen molar-refractivity contribution in [1.29, 1.82) is 0 Å². The summed E-state index contributed by atoms with van der Waals surface area (Å²) in [5.41, 5.74) is 0.963. The molecule has 0 bridgehead atoms. The first-order valence-electron chi connectivity index (χ1n) is 6.20. The van der Waals surface area contributed by atoms with Crippen LogP contribution in [0.25, 0.3) is 0 Å². The van der Waals surface area contributed by atoms with Gasteiger partial charge in [0.1, 0.15) is 0 Å². The van der Waals surface area contributed by atoms with Gasteiger partial charge >= 0.3 is 4.87 Å². The number of carbonyl (C=O) groups excluding carboxylic acids is 1. The Kier molecular flexibility index (Phi) is 4.33. The highest BCUT2D eigenvalue weighted by molar-refractivity contribution is 7.09. The van der Waals surface area contributed by atoms with Crippen molar-refractivity contribution in [2.75, 3.05) is 7.05 Å². The molecular weight excluding hydrogens is 280 g/mol. The lowest BCUT2D eigenvalue weighted by Crippen LogP contribution is -2.20. The Morgan fingerprint density at radius 3 is 2.80 bits per heavy atom. The van der Waals surface area contributed by atoms with Crippen LogP contribution >= 0.6 is 11.3 Å². The van der Waals surface area contributed by atoms with E-state index < -0.39 is 0 Å². The second kappa shape index (κ2) is 6.00. The van der Waals surface area contributed by atoms with Gasteiger partial charge < -0.3 is 14.4 Å². The third-order valence-electron chi connectivity index (χ3n) is 3.03. The molecule has 0 aliphatic carbocycles. The van der Waals surface area contributed by atoms with Crippen molar-refractivity contribution in [2.45, 2.75) is 33.2 Å². The predicted molar refractivity (Wildman–Crippen MR) is 73.8 cm³/mol. The van der Waals surface area contributed by atoms with Crippen LogP contribution in [-0.2, 0) is 24.2 Å². The van der Waals surface area contributed by atoms with Gasteiger partial charge in [-0.1, -0.05) is 16.5 Å². The van der Waals surface area contributed by atoms with Gasteiger partial charge in [-0.15, -0.1) is 0 Å². The molecule has 108 valence electrons. The van der Waals surface area contributed by atoms with Crippen LogP contribution in [0.5, 0.6) is 0 Å². The summed E-state index contributed by atoms with van der Waals surface area (Å²) in [7, 11) is 1.55. The predicted octanol–water partition coefficient (Wildman–Crippen LogP) is 0.441. The van der Waals surface area contributed by atoms with Gasteiger partial charge in [0, 0.05) is 30.6 Å². The lowest BCUT2D eigenvalue weighted by molar-refractivity contribution is -0.120. The van der Waals surface area contributed by atoms with E-state index in [4.69, 9.17) is 4.52 Å². The van der Waals surface area contributed by atoms with Gasteiger partial charge in [-0.05, 0) is 13.8 Å². The maximum Gasteiger partial charge on any atom is 0.307 e. The Hall–Kier alpha value is -1.96. The average molecular weight is 296 g/mol. The van der Waals surface area contributed by atoms with Crippen molar-refractivity contribution in [2.24, 2.45) is 0 Å². The molecule has 1 N–H and O–H groups in total. The van der Waals surface area contributed by atoms with Crippen LogP contribution in [0, 0.1) is 13.8 Å². The molecule has 0 saturated heterocycles. The van der Waals surface area contributed by atoms with Crippen LogP contribution in [0.4, 0.5) is 0 Å². The largest absolute Gasteiger partial charge is 0.359 e. The number of likely N-dealkylation sites (N-methyl/N-ethyl adjacent to an activating group) is 1. The smallest absolute Gasteiger partial charge is 0.307 e. The van der Waals surface area contributed by atoms with E-state index in [9.17, 15) is 9.59 Å². The number of hydrogen-bond acceptors (Lipinski definition) is 6. The van der Waals surface area contributed by atoms with E-state index >= 15 is 0 Å². The Balaban J connectivity index is 2.01. The topological polar surface area (TPSA) is 90.0 Å². The summed E-state index contributed by atoms with van der Waals surface area (Å²) in [6.07, 6.45) is 0.564. The molecule has 1 amide bonds. The van der Waals surface area contributed by atoms with Crippen molar-refractivity contribution >= 4 is 17.2 Å². The minimum Gasteiger partial charge on any atom is -0.359 e. The molecule has 8 heteroatoms. The molecule has 2 rings (SSSR count). The van der Waals surface area contributed by atoms with Crippen molar-refractivity contribution in [3.05, 3.63) is 32.0 Å². The van der Waals surface area contributed by atoms with Gasteiger partial charge in [0.15, 0.2) is 5.82 Å². The fourth-order valence-electron chi connectivity index (χ4n) is 1.75. The highest BCUT2D eigenvalue weighted by Crippen LogP contribution is 2.10. The molecule has 0 aliphatic heterocycles.